The Labute approximate surface area is 321 Å². The minimum Gasteiger partial charge on any atom is -0.311 e. The van der Waals surface area contributed by atoms with Crippen molar-refractivity contribution >= 4 is 38.6 Å². The predicted molar refractivity (Wildman–Crippen MR) is 230 cm³/mol. The third-order valence-corrected chi connectivity index (χ3v) is 13.1. The Morgan fingerprint density at radius 3 is 1.60 bits per heavy atom. The highest BCUT2D eigenvalue weighted by molar-refractivity contribution is 6.13. The summed E-state index contributed by atoms with van der Waals surface area (Å²) in [6.07, 6.45) is 0. The summed E-state index contributed by atoms with van der Waals surface area (Å²) in [6, 6.07) is 70.0. The normalized spacial score (nSPS) is 14.7. The Balaban J connectivity index is 0.890. The Morgan fingerprint density at radius 1 is 0.345 bits per heavy atom. The maximum Gasteiger partial charge on any atom is 0.0725 e. The van der Waals surface area contributed by atoms with Gasteiger partial charge in [0.15, 0.2) is 0 Å². The first-order chi connectivity index (χ1) is 27.0. The molecule has 12 rings (SSSR count). The molecule has 0 atom stereocenters. The summed E-state index contributed by atoms with van der Waals surface area (Å²) in [5.74, 6) is 0. The van der Waals surface area contributed by atoms with Crippen molar-refractivity contribution in [1.29, 1.82) is 0 Å². The van der Waals surface area contributed by atoms with Gasteiger partial charge >= 0.3 is 0 Å². The number of benzene rings is 9. The van der Waals surface area contributed by atoms with Gasteiger partial charge in [-0.15, -0.1) is 0 Å². The molecule has 0 heterocycles. The molecule has 0 aromatic heterocycles. The van der Waals surface area contributed by atoms with Crippen LogP contribution in [0, 0.1) is 0 Å². The van der Waals surface area contributed by atoms with Crippen molar-refractivity contribution in [3.8, 4) is 33.4 Å². The highest BCUT2D eigenvalue weighted by atomic mass is 15.1. The van der Waals surface area contributed by atoms with Gasteiger partial charge in [0.05, 0.1) is 5.41 Å². The predicted octanol–water partition coefficient (Wildman–Crippen LogP) is 14.1. The molecule has 9 aromatic carbocycles. The van der Waals surface area contributed by atoms with Gasteiger partial charge in [0, 0.05) is 22.5 Å². The quantitative estimate of drug-likeness (QED) is 0.173. The zero-order valence-electron chi connectivity index (χ0n) is 30.8. The maximum atomic E-state index is 2.40. The summed E-state index contributed by atoms with van der Waals surface area (Å²) in [7, 11) is 0. The van der Waals surface area contributed by atoms with Crippen molar-refractivity contribution in [2.24, 2.45) is 0 Å². The second kappa shape index (κ2) is 10.9. The number of hydrogen-bond donors (Lipinski definition) is 0. The summed E-state index contributed by atoms with van der Waals surface area (Å²) in [5.41, 5.74) is 19.6. The molecular formula is C54H37N. The number of rotatable bonds is 5. The summed E-state index contributed by atoms with van der Waals surface area (Å²) in [4.78, 5) is 2.36. The van der Waals surface area contributed by atoms with Gasteiger partial charge in [-0.25, -0.2) is 0 Å². The van der Waals surface area contributed by atoms with E-state index in [1.54, 1.807) is 0 Å². The van der Waals surface area contributed by atoms with Gasteiger partial charge in [0.25, 0.3) is 0 Å². The van der Waals surface area contributed by atoms with Gasteiger partial charge in [-0.2, -0.15) is 0 Å². The Kier molecular flexibility index (Phi) is 6.11. The topological polar surface area (TPSA) is 3.24 Å². The third-order valence-electron chi connectivity index (χ3n) is 13.1. The van der Waals surface area contributed by atoms with E-state index < -0.39 is 0 Å². The molecule has 0 N–H and O–H groups in total. The van der Waals surface area contributed by atoms with Gasteiger partial charge in [-0.1, -0.05) is 159 Å². The molecule has 0 unspecified atom stereocenters. The van der Waals surface area contributed by atoms with Crippen LogP contribution in [-0.2, 0) is 10.8 Å². The van der Waals surface area contributed by atoms with Crippen LogP contribution in [0.15, 0.2) is 188 Å². The monoisotopic (exact) mass is 699 g/mol. The van der Waals surface area contributed by atoms with E-state index >= 15 is 0 Å². The average molecular weight is 700 g/mol. The zero-order valence-corrected chi connectivity index (χ0v) is 30.8. The molecule has 0 amide bonds. The lowest BCUT2D eigenvalue weighted by atomic mass is 9.49. The molecule has 0 aliphatic heterocycles. The standard InChI is InChI=1S/C54H37N/c1-53(2)45-17-7-6-15-42(45)43-30-25-37(33-50(43)53)34-21-26-39(27-22-34)55(38-13-4-3-5-14-38)40-28-23-35(24-29-40)41-31-32-49-52-44(41)16-10-20-48(52)54(49)46-18-8-11-36-12-9-19-47(54)51(36)46/h3-33H,1-2H3. The SMILES string of the molecule is CC1(C)c2ccccc2-c2ccc(-c3ccc(N(c4ccccc4)c4ccc(-c5ccc6c7c(cccc57)C65c6cccc7cccc5c67)cc4)cc3)cc21. The summed E-state index contributed by atoms with van der Waals surface area (Å²) >= 11 is 0. The summed E-state index contributed by atoms with van der Waals surface area (Å²) < 4.78 is 0. The minimum atomic E-state index is -0.0952. The molecule has 0 fully saturated rings. The van der Waals surface area contributed by atoms with Crippen molar-refractivity contribution < 1.29 is 0 Å². The van der Waals surface area contributed by atoms with Crippen LogP contribution in [0.2, 0.25) is 0 Å². The minimum absolute atomic E-state index is 0.0220. The van der Waals surface area contributed by atoms with E-state index in [1.807, 2.05) is 0 Å². The van der Waals surface area contributed by atoms with Crippen molar-refractivity contribution in [1.82, 2.24) is 0 Å². The van der Waals surface area contributed by atoms with E-state index in [0.717, 1.165) is 17.1 Å². The Morgan fingerprint density at radius 2 is 0.873 bits per heavy atom. The van der Waals surface area contributed by atoms with Crippen LogP contribution < -0.4 is 4.90 Å². The smallest absolute Gasteiger partial charge is 0.0725 e. The van der Waals surface area contributed by atoms with Crippen LogP contribution in [-0.4, -0.2) is 0 Å². The van der Waals surface area contributed by atoms with E-state index in [1.165, 1.54) is 88.3 Å². The second-order valence-electron chi connectivity index (χ2n) is 16.0. The molecule has 0 bridgehead atoms. The second-order valence-corrected chi connectivity index (χ2v) is 16.0. The van der Waals surface area contributed by atoms with Gasteiger partial charge in [-0.05, 0) is 131 Å². The van der Waals surface area contributed by atoms with Crippen molar-refractivity contribution in [3.63, 3.8) is 0 Å². The summed E-state index contributed by atoms with van der Waals surface area (Å²) in [5, 5.41) is 5.52. The highest BCUT2D eigenvalue weighted by Crippen LogP contribution is 2.65. The first-order valence-corrected chi connectivity index (χ1v) is 19.4. The van der Waals surface area contributed by atoms with Crippen LogP contribution in [0.4, 0.5) is 17.1 Å². The van der Waals surface area contributed by atoms with Crippen molar-refractivity contribution in [2.75, 3.05) is 4.90 Å². The van der Waals surface area contributed by atoms with E-state index in [9.17, 15) is 0 Å². The maximum absolute atomic E-state index is 2.40. The zero-order chi connectivity index (χ0) is 36.5. The van der Waals surface area contributed by atoms with Crippen LogP contribution in [0.1, 0.15) is 47.2 Å². The van der Waals surface area contributed by atoms with Gasteiger partial charge < -0.3 is 4.90 Å². The number of anilines is 3. The lowest BCUT2D eigenvalue weighted by Gasteiger charge is -2.52. The molecule has 0 saturated carbocycles. The fourth-order valence-corrected chi connectivity index (χ4v) is 10.5. The molecule has 3 aliphatic carbocycles. The molecule has 1 spiro atoms. The van der Waals surface area contributed by atoms with Crippen molar-refractivity contribution in [3.05, 3.63) is 221 Å². The van der Waals surface area contributed by atoms with Crippen molar-refractivity contribution in [2.45, 2.75) is 24.7 Å². The third kappa shape index (κ3) is 3.97. The first kappa shape index (κ1) is 30.7. The molecule has 55 heavy (non-hydrogen) atoms. The molecule has 0 saturated heterocycles. The highest BCUT2D eigenvalue weighted by Gasteiger charge is 2.54. The van der Waals surface area contributed by atoms with Crippen LogP contribution >= 0.6 is 0 Å². The molecule has 3 aliphatic rings. The molecule has 9 aromatic rings. The van der Waals surface area contributed by atoms with Crippen LogP contribution in [0.5, 0.6) is 0 Å². The van der Waals surface area contributed by atoms with Gasteiger partial charge in [0.1, 0.15) is 0 Å². The van der Waals surface area contributed by atoms with E-state index in [0.29, 0.717) is 0 Å². The molecule has 258 valence electrons. The van der Waals surface area contributed by atoms with Crippen LogP contribution in [0.25, 0.3) is 54.9 Å². The number of fused-ring (bicyclic) bond motifs is 7. The average Bonchev–Trinajstić information content (AvgIpc) is 3.46. The molecule has 1 heteroatoms. The Hall–Kier alpha value is -6.70. The van der Waals surface area contributed by atoms with Gasteiger partial charge in [0.2, 0.25) is 0 Å². The van der Waals surface area contributed by atoms with Gasteiger partial charge in [-0.3, -0.25) is 0 Å². The fourth-order valence-electron chi connectivity index (χ4n) is 10.5. The van der Waals surface area contributed by atoms with E-state index in [-0.39, 0.29) is 10.8 Å². The lowest BCUT2D eigenvalue weighted by Crippen LogP contribution is -2.43. The lowest BCUT2D eigenvalue weighted by molar-refractivity contribution is 0.660. The molecular weight excluding hydrogens is 663 g/mol. The largest absolute Gasteiger partial charge is 0.311 e. The number of hydrogen-bond acceptors (Lipinski definition) is 1. The number of nitrogens with zero attached hydrogens (tertiary/aromatic N) is 1. The fraction of sp³-hybridized carbons (Fsp3) is 0.0741. The number of para-hydroxylation sites is 1. The Bertz CT molecular complexity index is 2990. The van der Waals surface area contributed by atoms with Crippen LogP contribution in [0.3, 0.4) is 0 Å². The molecule has 0 radical (unpaired) electrons. The first-order valence-electron chi connectivity index (χ1n) is 19.4. The summed E-state index contributed by atoms with van der Waals surface area (Å²) in [6.45, 7) is 4.70. The van der Waals surface area contributed by atoms with E-state index in [4.69, 9.17) is 0 Å². The van der Waals surface area contributed by atoms with E-state index in [2.05, 4.69) is 207 Å². The molecule has 1 nitrogen and oxygen atoms in total.